The Morgan fingerprint density at radius 3 is 1.83 bits per heavy atom. The van der Waals surface area contributed by atoms with Crippen LogP contribution in [0.15, 0.2) is 236 Å². The van der Waals surface area contributed by atoms with Crippen LogP contribution in [0.3, 0.4) is 0 Å². The van der Waals surface area contributed by atoms with E-state index in [9.17, 15) is 0 Å². The fraction of sp³-hybridized carbons (Fsp3) is 0.0328. The largest absolute Gasteiger partial charge is 0.309 e. The number of benzene rings is 8. The summed E-state index contributed by atoms with van der Waals surface area (Å²) in [6, 6.07) is 73.1. The molecule has 0 spiro atoms. The van der Waals surface area contributed by atoms with Crippen molar-refractivity contribution in [3.05, 3.63) is 242 Å². The molecule has 0 N–H and O–H groups in total. The zero-order chi connectivity index (χ0) is 42.8. The maximum Gasteiger partial charge on any atom is 0.0711 e. The van der Waals surface area contributed by atoms with Crippen LogP contribution in [0.4, 0.5) is 0 Å². The average molecular weight is 831 g/mol. The van der Waals surface area contributed by atoms with Crippen molar-refractivity contribution < 1.29 is 0 Å². The maximum absolute atomic E-state index is 5.23. The number of hydrogen-bond donors (Lipinski definition) is 0. The second-order valence-corrected chi connectivity index (χ2v) is 17.1. The van der Waals surface area contributed by atoms with Gasteiger partial charge in [0.1, 0.15) is 0 Å². The molecule has 13 rings (SSSR count). The van der Waals surface area contributed by atoms with E-state index >= 15 is 0 Å². The summed E-state index contributed by atoms with van der Waals surface area (Å²) in [5, 5.41) is 7.41. The fourth-order valence-corrected chi connectivity index (χ4v) is 10.4. The standard InChI is InChI=1S/C61H42N4/c1-2-6-19-41(18-5-1)36-45-37-44(39-54(62-45)42-20-7-3-8-21-42)43-22-17-25-47(38-43)64-57-31-16-13-28-52(57)60-59(64)35-33-51-49-26-11-15-30-56(49)65(61(51)60)48-32-34-58-53(40-48)50-27-12-14-29-55(50)63(58)46-23-9-4-10-24-46/h1-5,7-35,37-40H,6,36H2. The molecular formula is C61H42N4. The summed E-state index contributed by atoms with van der Waals surface area (Å²) in [5.74, 6) is 0. The van der Waals surface area contributed by atoms with Gasteiger partial charge in [0.25, 0.3) is 0 Å². The van der Waals surface area contributed by atoms with Gasteiger partial charge in [0.05, 0.1) is 38.8 Å². The lowest BCUT2D eigenvalue weighted by Crippen LogP contribution is -1.98. The van der Waals surface area contributed by atoms with Crippen molar-refractivity contribution in [2.24, 2.45) is 0 Å². The smallest absolute Gasteiger partial charge is 0.0711 e. The Kier molecular flexibility index (Phi) is 8.63. The Morgan fingerprint density at radius 2 is 1.02 bits per heavy atom. The first-order chi connectivity index (χ1) is 32.2. The van der Waals surface area contributed by atoms with Crippen LogP contribution in [0.2, 0.25) is 0 Å². The van der Waals surface area contributed by atoms with Crippen molar-refractivity contribution in [2.75, 3.05) is 0 Å². The molecule has 1 aliphatic rings. The van der Waals surface area contributed by atoms with Gasteiger partial charge in [-0.2, -0.15) is 0 Å². The van der Waals surface area contributed by atoms with Gasteiger partial charge in [-0.15, -0.1) is 0 Å². The Bertz CT molecular complexity index is 3930. The lowest BCUT2D eigenvalue weighted by Gasteiger charge is -2.13. The second kappa shape index (κ2) is 15.1. The normalized spacial score (nSPS) is 12.9. The van der Waals surface area contributed by atoms with E-state index in [1.165, 1.54) is 71.0 Å². The van der Waals surface area contributed by atoms with Crippen molar-refractivity contribution in [3.8, 4) is 39.4 Å². The predicted octanol–water partition coefficient (Wildman–Crippen LogP) is 15.7. The highest BCUT2D eigenvalue weighted by Crippen LogP contribution is 2.43. The fourth-order valence-electron chi connectivity index (χ4n) is 10.4. The molecule has 0 atom stereocenters. The van der Waals surface area contributed by atoms with E-state index in [2.05, 4.69) is 244 Å². The summed E-state index contributed by atoms with van der Waals surface area (Å²) < 4.78 is 7.35. The van der Waals surface area contributed by atoms with Crippen LogP contribution in [0.1, 0.15) is 12.1 Å². The van der Waals surface area contributed by atoms with Crippen LogP contribution in [0, 0.1) is 0 Å². The van der Waals surface area contributed by atoms with Crippen molar-refractivity contribution in [1.82, 2.24) is 18.7 Å². The quantitative estimate of drug-likeness (QED) is 0.157. The minimum Gasteiger partial charge on any atom is -0.309 e. The summed E-state index contributed by atoms with van der Waals surface area (Å²) in [5.41, 5.74) is 17.3. The highest BCUT2D eigenvalue weighted by atomic mass is 15.0. The van der Waals surface area contributed by atoms with E-state index in [4.69, 9.17) is 4.98 Å². The zero-order valence-corrected chi connectivity index (χ0v) is 35.6. The van der Waals surface area contributed by atoms with Crippen molar-refractivity contribution in [3.63, 3.8) is 0 Å². The highest BCUT2D eigenvalue weighted by molar-refractivity contribution is 6.26. The molecule has 4 heterocycles. The molecule has 306 valence electrons. The Hall–Kier alpha value is -8.47. The second-order valence-electron chi connectivity index (χ2n) is 17.1. The van der Waals surface area contributed by atoms with E-state index < -0.39 is 0 Å². The number of nitrogens with zero attached hydrogens (tertiary/aromatic N) is 4. The third kappa shape index (κ3) is 6.10. The first-order valence-corrected chi connectivity index (χ1v) is 22.5. The topological polar surface area (TPSA) is 27.7 Å². The van der Waals surface area contributed by atoms with Crippen LogP contribution >= 0.6 is 0 Å². The minimum absolute atomic E-state index is 0.768. The predicted molar refractivity (Wildman–Crippen MR) is 273 cm³/mol. The molecule has 0 saturated carbocycles. The van der Waals surface area contributed by atoms with E-state index in [1.807, 2.05) is 0 Å². The first kappa shape index (κ1) is 37.1. The summed E-state index contributed by atoms with van der Waals surface area (Å²) in [6.45, 7) is 0. The van der Waals surface area contributed by atoms with Crippen LogP contribution in [-0.4, -0.2) is 18.7 Å². The SMILES string of the molecule is C1=CCC=C(Cc2cc(-c3cccc(-n4c5ccccc5c5c4ccc4c6ccccc6n(-c6ccc7c(c6)c6ccccc6n7-c6ccccc6)c45)c3)cc(-c3ccccc3)n2)C=C1. The number of rotatable bonds is 7. The third-order valence-electron chi connectivity index (χ3n) is 13.2. The van der Waals surface area contributed by atoms with Gasteiger partial charge < -0.3 is 13.7 Å². The number of fused-ring (bicyclic) bond motifs is 10. The Morgan fingerprint density at radius 1 is 0.400 bits per heavy atom. The van der Waals surface area contributed by atoms with Crippen molar-refractivity contribution in [1.29, 1.82) is 0 Å². The van der Waals surface area contributed by atoms with Gasteiger partial charge in [-0.05, 0) is 102 Å². The third-order valence-corrected chi connectivity index (χ3v) is 13.2. The lowest BCUT2D eigenvalue weighted by molar-refractivity contribution is 1.07. The molecule has 4 nitrogen and oxygen atoms in total. The summed E-state index contributed by atoms with van der Waals surface area (Å²) in [6.07, 6.45) is 12.7. The molecule has 4 aromatic heterocycles. The molecule has 0 radical (unpaired) electrons. The molecule has 0 aliphatic heterocycles. The van der Waals surface area contributed by atoms with Crippen LogP contribution < -0.4 is 0 Å². The van der Waals surface area contributed by atoms with E-state index in [0.717, 1.165) is 58.0 Å². The van der Waals surface area contributed by atoms with Crippen LogP contribution in [0.5, 0.6) is 0 Å². The average Bonchev–Trinajstić information content (AvgIpc) is 3.92. The first-order valence-electron chi connectivity index (χ1n) is 22.5. The minimum atomic E-state index is 0.768. The van der Waals surface area contributed by atoms with Gasteiger partial charge in [-0.1, -0.05) is 152 Å². The van der Waals surface area contributed by atoms with Crippen molar-refractivity contribution in [2.45, 2.75) is 12.8 Å². The van der Waals surface area contributed by atoms with E-state index in [0.29, 0.717) is 0 Å². The molecule has 12 aromatic rings. The van der Waals surface area contributed by atoms with E-state index in [1.54, 1.807) is 0 Å². The molecule has 4 heteroatoms. The Labute approximate surface area is 376 Å². The number of aromatic nitrogens is 4. The summed E-state index contributed by atoms with van der Waals surface area (Å²) in [4.78, 5) is 5.23. The van der Waals surface area contributed by atoms with Gasteiger partial charge in [0, 0.05) is 67.1 Å². The lowest BCUT2D eigenvalue weighted by atomic mass is 9.99. The molecule has 0 saturated heterocycles. The van der Waals surface area contributed by atoms with Gasteiger partial charge in [-0.25, -0.2) is 0 Å². The molecule has 0 bridgehead atoms. The Balaban J connectivity index is 1.02. The van der Waals surface area contributed by atoms with E-state index in [-0.39, 0.29) is 0 Å². The summed E-state index contributed by atoms with van der Waals surface area (Å²) >= 11 is 0. The maximum atomic E-state index is 5.23. The van der Waals surface area contributed by atoms with Gasteiger partial charge in [0.15, 0.2) is 0 Å². The summed E-state index contributed by atoms with van der Waals surface area (Å²) in [7, 11) is 0. The zero-order valence-electron chi connectivity index (χ0n) is 35.6. The number of allylic oxidation sites excluding steroid dienone is 6. The van der Waals surface area contributed by atoms with Gasteiger partial charge in [-0.3, -0.25) is 4.98 Å². The monoisotopic (exact) mass is 830 g/mol. The van der Waals surface area contributed by atoms with Gasteiger partial charge >= 0.3 is 0 Å². The van der Waals surface area contributed by atoms with Crippen molar-refractivity contribution >= 4 is 65.4 Å². The molecule has 0 unspecified atom stereocenters. The molecular weight excluding hydrogens is 789 g/mol. The van der Waals surface area contributed by atoms with Crippen LogP contribution in [0.25, 0.3) is 105 Å². The highest BCUT2D eigenvalue weighted by Gasteiger charge is 2.22. The molecule has 1 aliphatic carbocycles. The van der Waals surface area contributed by atoms with Gasteiger partial charge in [0.2, 0.25) is 0 Å². The molecule has 8 aromatic carbocycles. The molecule has 0 fully saturated rings. The number of pyridine rings is 1. The molecule has 65 heavy (non-hydrogen) atoms. The number of para-hydroxylation sites is 4. The molecule has 0 amide bonds. The number of hydrogen-bond acceptors (Lipinski definition) is 1. The van der Waals surface area contributed by atoms with Crippen LogP contribution in [-0.2, 0) is 6.42 Å².